The molecule has 0 saturated carbocycles. The van der Waals surface area contributed by atoms with Crippen LogP contribution in [-0.2, 0) is 0 Å². The van der Waals surface area contributed by atoms with Crippen molar-refractivity contribution in [3.63, 3.8) is 0 Å². The summed E-state index contributed by atoms with van der Waals surface area (Å²) in [4.78, 5) is 11.2. The summed E-state index contributed by atoms with van der Waals surface area (Å²) in [5.74, 6) is -42.2. The molecule has 0 aliphatic carbocycles. The molecule has 4 nitrogen and oxygen atoms in total. The number of carboxylic acids is 1. The second-order valence-electron chi connectivity index (χ2n) is 9.28. The van der Waals surface area contributed by atoms with Gasteiger partial charge in [0.1, 0.15) is 0 Å². The maximum Gasteiger partial charge on any atom is 0.460 e. The van der Waals surface area contributed by atoms with E-state index < -0.39 is 123 Å². The van der Waals surface area contributed by atoms with E-state index in [4.69, 9.17) is 14.6 Å². The molecule has 22 heteroatoms. The summed E-state index contributed by atoms with van der Waals surface area (Å²) < 4.78 is 242. The number of carboxylic acid groups (broad SMARTS) is 1. The van der Waals surface area contributed by atoms with Crippen LogP contribution in [0.2, 0.25) is 0 Å². The van der Waals surface area contributed by atoms with Gasteiger partial charge in [-0.15, -0.1) is 0 Å². The van der Waals surface area contributed by atoms with E-state index in [1.807, 2.05) is 0 Å². The lowest BCUT2D eigenvalue weighted by Gasteiger charge is -2.33. The molecule has 1 rings (SSSR count). The number of carbonyl (C=O) groups is 1. The number of halogens is 18. The van der Waals surface area contributed by atoms with E-state index in [0.29, 0.717) is 6.07 Å². The van der Waals surface area contributed by atoms with Crippen LogP contribution in [0.25, 0.3) is 0 Å². The van der Waals surface area contributed by atoms with Crippen LogP contribution in [-0.4, -0.2) is 72.2 Å². The number of hydrogen-bond acceptors (Lipinski definition) is 3. The van der Waals surface area contributed by atoms with E-state index in [9.17, 15) is 83.8 Å². The highest BCUT2D eigenvalue weighted by atomic mass is 19.4. The fourth-order valence-electron chi connectivity index (χ4n) is 3.26. The summed E-state index contributed by atoms with van der Waals surface area (Å²) in [5, 5.41) is 9.05. The molecule has 0 spiro atoms. The van der Waals surface area contributed by atoms with Gasteiger partial charge >= 0.3 is 53.9 Å². The molecule has 0 atom stereocenters. The van der Waals surface area contributed by atoms with Gasteiger partial charge in [-0.25, -0.2) is 4.79 Å². The Hall–Kier alpha value is -2.97. The van der Waals surface area contributed by atoms with Crippen LogP contribution in [0.3, 0.4) is 0 Å². The summed E-state index contributed by atoms with van der Waals surface area (Å²) in [7, 11) is 0. The highest BCUT2D eigenvalue weighted by Crippen LogP contribution is 2.55. The molecule has 1 aromatic carbocycles. The van der Waals surface area contributed by atoms with Crippen LogP contribution in [0.5, 0.6) is 11.5 Å². The van der Waals surface area contributed by atoms with E-state index in [1.165, 1.54) is 0 Å². The molecule has 0 aromatic heterocycles. The van der Waals surface area contributed by atoms with Crippen LogP contribution < -0.4 is 9.47 Å². The van der Waals surface area contributed by atoms with Gasteiger partial charge in [0.05, 0.1) is 18.8 Å². The quantitative estimate of drug-likeness (QED) is 0.130. The first-order valence-electron chi connectivity index (χ1n) is 12.0. The smallest absolute Gasteiger partial charge is 0.460 e. The highest BCUT2D eigenvalue weighted by molar-refractivity contribution is 5.88. The first kappa shape index (κ1) is 40.1. The Morgan fingerprint density at radius 2 is 0.889 bits per heavy atom. The summed E-state index contributed by atoms with van der Waals surface area (Å²) in [5.41, 5.74) is -0.537. The minimum absolute atomic E-state index is 0.470. The molecule has 0 heterocycles. The SMILES string of the molecule is O=C(O)c1ccc(OCCCCC(F)(F)C(F)(F)C(F)(F)C(F)(F)F)c(OCCCCC(F)(F)C(F)(F)C(F)(F)C(F)(F)F)c1. The molecule has 0 fully saturated rings. The van der Waals surface area contributed by atoms with E-state index in [2.05, 4.69) is 0 Å². The Morgan fingerprint density at radius 1 is 0.533 bits per heavy atom. The lowest BCUT2D eigenvalue weighted by Crippen LogP contribution is -2.60. The summed E-state index contributed by atoms with van der Waals surface area (Å²) >= 11 is 0. The Kier molecular flexibility index (Phi) is 11.9. The van der Waals surface area contributed by atoms with Gasteiger partial charge < -0.3 is 14.6 Å². The molecule has 0 unspecified atom stereocenters. The predicted molar refractivity (Wildman–Crippen MR) is 114 cm³/mol. The van der Waals surface area contributed by atoms with Crippen LogP contribution in [0.15, 0.2) is 18.2 Å². The number of aromatic carboxylic acids is 1. The fraction of sp³-hybridized carbons (Fsp3) is 0.696. The molecule has 1 aromatic rings. The largest absolute Gasteiger partial charge is 0.490 e. The number of ether oxygens (including phenoxy) is 2. The zero-order valence-electron chi connectivity index (χ0n) is 21.9. The van der Waals surface area contributed by atoms with E-state index in [1.54, 1.807) is 0 Å². The third kappa shape index (κ3) is 8.44. The van der Waals surface area contributed by atoms with Crippen molar-refractivity contribution in [3.8, 4) is 11.5 Å². The van der Waals surface area contributed by atoms with Crippen molar-refractivity contribution in [3.05, 3.63) is 23.8 Å². The molecule has 1 N–H and O–H groups in total. The van der Waals surface area contributed by atoms with Crippen LogP contribution in [0.4, 0.5) is 79.0 Å². The fourth-order valence-corrected chi connectivity index (χ4v) is 3.26. The van der Waals surface area contributed by atoms with E-state index >= 15 is 0 Å². The van der Waals surface area contributed by atoms with Gasteiger partial charge in [-0.2, -0.15) is 79.0 Å². The van der Waals surface area contributed by atoms with Crippen LogP contribution in [0.1, 0.15) is 48.9 Å². The summed E-state index contributed by atoms with van der Waals surface area (Å²) in [6.07, 6.45) is -22.1. The van der Waals surface area contributed by atoms with Gasteiger partial charge in [-0.05, 0) is 43.9 Å². The van der Waals surface area contributed by atoms with Crippen LogP contribution in [0, 0.1) is 0 Å². The topological polar surface area (TPSA) is 55.8 Å². The number of alkyl halides is 18. The molecule has 0 radical (unpaired) electrons. The average Bonchev–Trinajstić information content (AvgIpc) is 2.86. The molecule has 0 bridgehead atoms. The van der Waals surface area contributed by atoms with Crippen molar-refractivity contribution in [1.29, 1.82) is 0 Å². The standard InChI is InChI=1S/C23H20F18O4/c24-16(25,18(28,29)20(32,33)22(36,37)38)7-1-3-9-44-13-6-5-12(15(42)43)11-14(13)45-10-4-2-8-17(26,27)19(30,31)21(34,35)23(39,40)41/h5-6,11H,1-4,7-10H2,(H,42,43). The van der Waals surface area contributed by atoms with Crippen LogP contribution >= 0.6 is 0 Å². The Balaban J connectivity index is 2.82. The number of hydrogen-bond donors (Lipinski definition) is 1. The van der Waals surface area contributed by atoms with Gasteiger partial charge in [-0.3, -0.25) is 0 Å². The number of rotatable bonds is 17. The van der Waals surface area contributed by atoms with Gasteiger partial charge in [0, 0.05) is 12.8 Å². The van der Waals surface area contributed by atoms with E-state index in [0.717, 1.165) is 12.1 Å². The van der Waals surface area contributed by atoms with Crippen molar-refractivity contribution < 1.29 is 98.4 Å². The van der Waals surface area contributed by atoms with Crippen molar-refractivity contribution in [2.45, 2.75) is 86.4 Å². The first-order valence-corrected chi connectivity index (χ1v) is 12.0. The summed E-state index contributed by atoms with van der Waals surface area (Å²) in [6.45, 7) is -1.56. The van der Waals surface area contributed by atoms with Gasteiger partial charge in [0.25, 0.3) is 0 Å². The molecular formula is C23H20F18O4. The van der Waals surface area contributed by atoms with Gasteiger partial charge in [0.2, 0.25) is 0 Å². The third-order valence-electron chi connectivity index (χ3n) is 5.90. The summed E-state index contributed by atoms with van der Waals surface area (Å²) in [6, 6.07) is 2.40. The minimum atomic E-state index is -7.09. The van der Waals surface area contributed by atoms with E-state index in [-0.39, 0.29) is 0 Å². The number of benzene rings is 1. The average molecular weight is 702 g/mol. The minimum Gasteiger partial charge on any atom is -0.490 e. The zero-order valence-corrected chi connectivity index (χ0v) is 21.9. The maximum absolute atomic E-state index is 13.6. The molecule has 0 amide bonds. The zero-order chi connectivity index (χ0) is 35.5. The van der Waals surface area contributed by atoms with Crippen molar-refractivity contribution in [1.82, 2.24) is 0 Å². The molecule has 45 heavy (non-hydrogen) atoms. The molecular weight excluding hydrogens is 682 g/mol. The van der Waals surface area contributed by atoms with Gasteiger partial charge in [0.15, 0.2) is 11.5 Å². The number of unbranched alkanes of at least 4 members (excludes halogenated alkanes) is 2. The predicted octanol–water partition coefficient (Wildman–Crippen LogP) is 9.42. The Morgan fingerprint density at radius 3 is 1.22 bits per heavy atom. The third-order valence-corrected chi connectivity index (χ3v) is 5.90. The van der Waals surface area contributed by atoms with Crippen molar-refractivity contribution in [2.75, 3.05) is 13.2 Å². The maximum atomic E-state index is 13.6. The lowest BCUT2D eigenvalue weighted by molar-refractivity contribution is -0.396. The first-order chi connectivity index (χ1) is 20.0. The Labute approximate surface area is 240 Å². The Bertz CT molecular complexity index is 1140. The molecule has 0 aliphatic rings. The second kappa shape index (κ2) is 13.4. The molecule has 262 valence electrons. The van der Waals surface area contributed by atoms with Crippen molar-refractivity contribution in [2.24, 2.45) is 0 Å². The monoisotopic (exact) mass is 702 g/mol. The molecule has 0 saturated heterocycles. The lowest BCUT2D eigenvalue weighted by atomic mass is 9.99. The van der Waals surface area contributed by atoms with Gasteiger partial charge in [-0.1, -0.05) is 0 Å². The molecule has 0 aliphatic heterocycles. The normalized spacial score (nSPS) is 14.4. The highest BCUT2D eigenvalue weighted by Gasteiger charge is 2.82. The second-order valence-corrected chi connectivity index (χ2v) is 9.28. The van der Waals surface area contributed by atoms with Crippen molar-refractivity contribution >= 4 is 5.97 Å².